The molecule has 0 unspecified atom stereocenters. The first-order valence-electron chi connectivity index (χ1n) is 9.10. The molecule has 0 atom stereocenters. The van der Waals surface area contributed by atoms with E-state index in [2.05, 4.69) is 0 Å². The molecule has 1 heterocycles. The predicted molar refractivity (Wildman–Crippen MR) is 100 cm³/mol. The van der Waals surface area contributed by atoms with Gasteiger partial charge in [0.25, 0.3) is 5.91 Å². The predicted octanol–water partition coefficient (Wildman–Crippen LogP) is 3.37. The molecular formula is C20H19F5N2O4. The lowest BCUT2D eigenvalue weighted by Crippen LogP contribution is -2.49. The molecule has 1 aliphatic heterocycles. The Balaban J connectivity index is 1.82. The van der Waals surface area contributed by atoms with Gasteiger partial charge < -0.3 is 24.0 Å². The fourth-order valence-corrected chi connectivity index (χ4v) is 3.39. The second-order valence-electron chi connectivity index (χ2n) is 6.61. The fraction of sp³-hybridized carbons (Fsp3) is 0.350. The first-order chi connectivity index (χ1) is 14.7. The molecule has 1 saturated heterocycles. The lowest BCUT2D eigenvalue weighted by atomic mass is 10.1. The minimum absolute atomic E-state index is 0.00497. The second-order valence-corrected chi connectivity index (χ2v) is 6.61. The van der Waals surface area contributed by atoms with Crippen LogP contribution in [-0.4, -0.2) is 58.3 Å². The summed E-state index contributed by atoms with van der Waals surface area (Å²) in [7, 11) is 4.21. The lowest BCUT2D eigenvalue weighted by molar-refractivity contribution is 0.0745. The van der Waals surface area contributed by atoms with Crippen molar-refractivity contribution in [1.29, 1.82) is 0 Å². The van der Waals surface area contributed by atoms with Crippen LogP contribution in [0.2, 0.25) is 0 Å². The zero-order chi connectivity index (χ0) is 22.9. The number of amides is 1. The first-order valence-corrected chi connectivity index (χ1v) is 9.10. The third kappa shape index (κ3) is 3.91. The van der Waals surface area contributed by atoms with Crippen molar-refractivity contribution in [1.82, 2.24) is 4.90 Å². The average molecular weight is 446 g/mol. The van der Waals surface area contributed by atoms with E-state index in [0.29, 0.717) is 5.75 Å². The summed E-state index contributed by atoms with van der Waals surface area (Å²) in [5, 5.41) is 0. The quantitative estimate of drug-likeness (QED) is 0.401. The Morgan fingerprint density at radius 1 is 0.742 bits per heavy atom. The monoisotopic (exact) mass is 446 g/mol. The van der Waals surface area contributed by atoms with E-state index >= 15 is 0 Å². The summed E-state index contributed by atoms with van der Waals surface area (Å²) in [5.41, 5.74) is -0.782. The maximum Gasteiger partial charge on any atom is 0.254 e. The molecule has 0 N–H and O–H groups in total. The highest BCUT2D eigenvalue weighted by Gasteiger charge is 2.32. The zero-order valence-electron chi connectivity index (χ0n) is 16.9. The molecule has 2 aromatic carbocycles. The Kier molecular flexibility index (Phi) is 6.42. The van der Waals surface area contributed by atoms with Crippen LogP contribution >= 0.6 is 0 Å². The van der Waals surface area contributed by atoms with Crippen molar-refractivity contribution in [3.63, 3.8) is 0 Å². The number of anilines is 1. The van der Waals surface area contributed by atoms with Gasteiger partial charge in [0.2, 0.25) is 11.6 Å². The molecule has 0 spiro atoms. The molecular weight excluding hydrogens is 427 g/mol. The number of ether oxygens (including phenoxy) is 3. The summed E-state index contributed by atoms with van der Waals surface area (Å²) < 4.78 is 84.1. The Hall–Kier alpha value is -3.24. The van der Waals surface area contributed by atoms with Gasteiger partial charge in [-0.05, 0) is 12.1 Å². The highest BCUT2D eigenvalue weighted by Crippen LogP contribution is 2.38. The van der Waals surface area contributed by atoms with Crippen molar-refractivity contribution in [2.45, 2.75) is 0 Å². The van der Waals surface area contributed by atoms with Crippen molar-refractivity contribution in [3.05, 3.63) is 46.8 Å². The van der Waals surface area contributed by atoms with Crippen LogP contribution in [0.1, 0.15) is 10.4 Å². The van der Waals surface area contributed by atoms with E-state index in [1.165, 1.54) is 38.4 Å². The van der Waals surface area contributed by atoms with E-state index in [4.69, 9.17) is 14.2 Å². The molecule has 0 radical (unpaired) electrons. The van der Waals surface area contributed by atoms with Gasteiger partial charge in [0.15, 0.2) is 34.8 Å². The Morgan fingerprint density at radius 3 is 1.61 bits per heavy atom. The summed E-state index contributed by atoms with van der Waals surface area (Å²) in [6.07, 6.45) is 0. The fourth-order valence-electron chi connectivity index (χ4n) is 3.39. The highest BCUT2D eigenvalue weighted by atomic mass is 19.2. The van der Waals surface area contributed by atoms with Gasteiger partial charge in [-0.25, -0.2) is 22.0 Å². The normalized spacial score (nSPS) is 13.9. The number of benzene rings is 2. The van der Waals surface area contributed by atoms with Crippen LogP contribution in [0.3, 0.4) is 0 Å². The van der Waals surface area contributed by atoms with E-state index in [1.807, 2.05) is 0 Å². The van der Waals surface area contributed by atoms with Gasteiger partial charge in [-0.1, -0.05) is 0 Å². The van der Waals surface area contributed by atoms with E-state index < -0.39 is 40.7 Å². The maximum atomic E-state index is 14.1. The van der Waals surface area contributed by atoms with Crippen molar-refractivity contribution >= 4 is 11.6 Å². The summed E-state index contributed by atoms with van der Waals surface area (Å²) in [6, 6.07) is 2.92. The Morgan fingerprint density at radius 2 is 1.19 bits per heavy atom. The van der Waals surface area contributed by atoms with Crippen molar-refractivity contribution in [2.75, 3.05) is 52.4 Å². The SMILES string of the molecule is COc1cc(C(=O)N2CCN(c3c(F)c(F)c(F)c(F)c3F)CC2)cc(OC)c1OC. The van der Waals surface area contributed by atoms with Crippen LogP contribution in [0.15, 0.2) is 12.1 Å². The van der Waals surface area contributed by atoms with Crippen LogP contribution in [0.25, 0.3) is 0 Å². The standard InChI is InChI=1S/C20H19F5N2O4/c1-29-11-8-10(9-12(30-2)19(11)31-3)20(28)27-6-4-26(5-7-27)18-16(24)14(22)13(21)15(23)17(18)25/h8-9H,4-7H2,1-3H3. The molecule has 2 aromatic rings. The number of piperazine rings is 1. The van der Waals surface area contributed by atoms with Crippen LogP contribution in [-0.2, 0) is 0 Å². The summed E-state index contributed by atoms with van der Waals surface area (Å²) in [6.45, 7) is -0.271. The lowest BCUT2D eigenvalue weighted by Gasteiger charge is -2.36. The third-order valence-electron chi connectivity index (χ3n) is 4.98. The van der Waals surface area contributed by atoms with Crippen LogP contribution < -0.4 is 19.1 Å². The third-order valence-corrected chi connectivity index (χ3v) is 4.98. The van der Waals surface area contributed by atoms with Gasteiger partial charge in [0, 0.05) is 31.7 Å². The number of hydrogen-bond donors (Lipinski definition) is 0. The topological polar surface area (TPSA) is 51.2 Å². The maximum absolute atomic E-state index is 14.1. The molecule has 0 aromatic heterocycles. The molecule has 0 aliphatic carbocycles. The number of nitrogens with zero attached hydrogens (tertiary/aromatic N) is 2. The van der Waals surface area contributed by atoms with Crippen LogP contribution in [0, 0.1) is 29.1 Å². The van der Waals surface area contributed by atoms with Crippen LogP contribution in [0.5, 0.6) is 17.2 Å². The van der Waals surface area contributed by atoms with Gasteiger partial charge in [-0.2, -0.15) is 0 Å². The molecule has 1 amide bonds. The number of hydrogen-bond acceptors (Lipinski definition) is 5. The van der Waals surface area contributed by atoms with E-state index in [-0.39, 0.29) is 43.2 Å². The number of methoxy groups -OCH3 is 3. The average Bonchev–Trinajstić information content (AvgIpc) is 2.80. The molecule has 11 heteroatoms. The van der Waals surface area contributed by atoms with Crippen molar-refractivity contribution < 1.29 is 41.0 Å². The number of carbonyl (C=O) groups is 1. The molecule has 6 nitrogen and oxygen atoms in total. The number of rotatable bonds is 5. The Bertz CT molecular complexity index is 956. The molecule has 0 bridgehead atoms. The molecule has 31 heavy (non-hydrogen) atoms. The molecule has 1 aliphatic rings. The smallest absolute Gasteiger partial charge is 0.254 e. The summed E-state index contributed by atoms with van der Waals surface area (Å²) in [4.78, 5) is 15.3. The first kappa shape index (κ1) is 22.4. The second kappa shape index (κ2) is 8.86. The summed E-state index contributed by atoms with van der Waals surface area (Å²) in [5.74, 6) is -9.62. The zero-order valence-corrected chi connectivity index (χ0v) is 16.9. The number of halogens is 5. The molecule has 0 saturated carbocycles. The van der Waals surface area contributed by atoms with Gasteiger partial charge in [-0.15, -0.1) is 0 Å². The minimum atomic E-state index is -2.21. The number of carbonyl (C=O) groups excluding carboxylic acids is 1. The highest BCUT2D eigenvalue weighted by molar-refractivity contribution is 5.95. The van der Waals surface area contributed by atoms with Crippen molar-refractivity contribution in [3.8, 4) is 17.2 Å². The molecule has 1 fully saturated rings. The van der Waals surface area contributed by atoms with Crippen LogP contribution in [0.4, 0.5) is 27.6 Å². The van der Waals surface area contributed by atoms with Gasteiger partial charge in [-0.3, -0.25) is 4.79 Å². The summed E-state index contributed by atoms with van der Waals surface area (Å²) >= 11 is 0. The van der Waals surface area contributed by atoms with Gasteiger partial charge in [0.05, 0.1) is 21.3 Å². The minimum Gasteiger partial charge on any atom is -0.493 e. The van der Waals surface area contributed by atoms with Gasteiger partial charge >= 0.3 is 0 Å². The largest absolute Gasteiger partial charge is 0.493 e. The van der Waals surface area contributed by atoms with Gasteiger partial charge in [0.1, 0.15) is 5.69 Å². The Labute approximate surface area is 174 Å². The molecule has 168 valence electrons. The van der Waals surface area contributed by atoms with Crippen molar-refractivity contribution in [2.24, 2.45) is 0 Å². The molecule has 3 rings (SSSR count). The van der Waals surface area contributed by atoms with E-state index in [1.54, 1.807) is 0 Å². The van der Waals surface area contributed by atoms with E-state index in [9.17, 15) is 26.7 Å². The van der Waals surface area contributed by atoms with E-state index in [0.717, 1.165) is 4.90 Å².